The van der Waals surface area contributed by atoms with Gasteiger partial charge in [0.15, 0.2) is 0 Å². The van der Waals surface area contributed by atoms with Crippen molar-refractivity contribution in [1.82, 2.24) is 0 Å². The van der Waals surface area contributed by atoms with Crippen LogP contribution in [0.3, 0.4) is 0 Å². The number of para-hydroxylation sites is 1. The summed E-state index contributed by atoms with van der Waals surface area (Å²) in [5.41, 5.74) is -0.673. The van der Waals surface area contributed by atoms with Gasteiger partial charge >= 0.3 is 0 Å². The minimum atomic E-state index is -4.30. The Labute approximate surface area is 165 Å². The fourth-order valence-electron chi connectivity index (χ4n) is 2.58. The Bertz CT molecular complexity index is 1140. The Morgan fingerprint density at radius 2 is 1.52 bits per heavy atom. The van der Waals surface area contributed by atoms with Crippen molar-refractivity contribution in [1.29, 1.82) is 0 Å². The highest BCUT2D eigenvalue weighted by atomic mass is 32.2. The molecule has 0 aromatic heterocycles. The maximum absolute atomic E-state index is 14.3. The van der Waals surface area contributed by atoms with Gasteiger partial charge in [-0.3, -0.25) is 9.10 Å². The number of carbonyl (C=O) groups is 1. The highest BCUT2D eigenvalue weighted by molar-refractivity contribution is 7.92. The van der Waals surface area contributed by atoms with Gasteiger partial charge in [-0.25, -0.2) is 21.6 Å². The number of hydrogen-bond acceptors (Lipinski definition) is 3. The lowest BCUT2D eigenvalue weighted by molar-refractivity contribution is -0.114. The molecule has 0 spiro atoms. The van der Waals surface area contributed by atoms with Gasteiger partial charge in [0.1, 0.15) is 24.0 Å². The standard InChI is InChI=1S/C20H15F3N2O3S/c21-14-10-11-18(17(23)12-14)24-20(26)13-25(19-9-5-4-8-16(19)22)29(27,28)15-6-2-1-3-7-15/h1-12H,13H2,(H,24,26). The average molecular weight is 420 g/mol. The van der Waals surface area contributed by atoms with E-state index >= 15 is 0 Å². The summed E-state index contributed by atoms with van der Waals surface area (Å²) in [5, 5.41) is 2.17. The van der Waals surface area contributed by atoms with E-state index in [1.807, 2.05) is 0 Å². The second-order valence-corrected chi connectivity index (χ2v) is 7.81. The first-order chi connectivity index (χ1) is 13.8. The predicted molar refractivity (Wildman–Crippen MR) is 102 cm³/mol. The number of rotatable bonds is 6. The molecule has 0 radical (unpaired) electrons. The number of benzene rings is 3. The van der Waals surface area contributed by atoms with Crippen LogP contribution in [0.4, 0.5) is 24.5 Å². The minimum Gasteiger partial charge on any atom is -0.322 e. The van der Waals surface area contributed by atoms with Gasteiger partial charge in [-0.1, -0.05) is 30.3 Å². The topological polar surface area (TPSA) is 66.5 Å². The Morgan fingerprint density at radius 1 is 0.862 bits per heavy atom. The van der Waals surface area contributed by atoms with Gasteiger partial charge in [0.25, 0.3) is 10.0 Å². The number of amides is 1. The van der Waals surface area contributed by atoms with Crippen molar-refractivity contribution in [3.8, 4) is 0 Å². The molecule has 0 atom stereocenters. The number of hydrogen-bond donors (Lipinski definition) is 1. The molecule has 5 nitrogen and oxygen atoms in total. The second kappa shape index (κ2) is 8.36. The van der Waals surface area contributed by atoms with Gasteiger partial charge < -0.3 is 5.32 Å². The van der Waals surface area contributed by atoms with Crippen LogP contribution >= 0.6 is 0 Å². The molecule has 150 valence electrons. The minimum absolute atomic E-state index is 0.149. The number of carbonyl (C=O) groups excluding carboxylic acids is 1. The molecule has 9 heteroatoms. The third-order valence-electron chi connectivity index (χ3n) is 3.94. The molecule has 0 aliphatic heterocycles. The first-order valence-corrected chi connectivity index (χ1v) is 9.80. The zero-order valence-electron chi connectivity index (χ0n) is 14.8. The smallest absolute Gasteiger partial charge is 0.264 e. The Morgan fingerprint density at radius 3 is 2.17 bits per heavy atom. The molecule has 0 unspecified atom stereocenters. The monoisotopic (exact) mass is 420 g/mol. The second-order valence-electron chi connectivity index (χ2n) is 5.95. The van der Waals surface area contributed by atoms with E-state index in [2.05, 4.69) is 5.32 Å². The largest absolute Gasteiger partial charge is 0.322 e. The number of sulfonamides is 1. The van der Waals surface area contributed by atoms with Crippen molar-refractivity contribution < 1.29 is 26.4 Å². The third-order valence-corrected chi connectivity index (χ3v) is 5.72. The van der Waals surface area contributed by atoms with Crippen LogP contribution in [0, 0.1) is 17.5 Å². The molecule has 0 heterocycles. The summed E-state index contributed by atoms with van der Waals surface area (Å²) in [7, 11) is -4.30. The number of anilines is 2. The number of nitrogens with zero attached hydrogens (tertiary/aromatic N) is 1. The van der Waals surface area contributed by atoms with E-state index in [0.29, 0.717) is 10.4 Å². The van der Waals surface area contributed by atoms with Crippen LogP contribution in [-0.4, -0.2) is 20.9 Å². The van der Waals surface area contributed by atoms with Crippen LogP contribution < -0.4 is 9.62 Å². The highest BCUT2D eigenvalue weighted by Gasteiger charge is 2.29. The maximum Gasteiger partial charge on any atom is 0.264 e. The number of halogens is 3. The van der Waals surface area contributed by atoms with Crippen molar-refractivity contribution in [2.45, 2.75) is 4.90 Å². The first-order valence-electron chi connectivity index (χ1n) is 8.36. The van der Waals surface area contributed by atoms with Gasteiger partial charge in [0.05, 0.1) is 16.3 Å². The van der Waals surface area contributed by atoms with Crippen LogP contribution in [0.1, 0.15) is 0 Å². The molecule has 0 fully saturated rings. The Kier molecular flexibility index (Phi) is 5.88. The molecule has 0 saturated heterocycles. The van der Waals surface area contributed by atoms with Crippen molar-refractivity contribution in [3.63, 3.8) is 0 Å². The predicted octanol–water partition coefficient (Wildman–Crippen LogP) is 3.94. The van der Waals surface area contributed by atoms with Crippen molar-refractivity contribution in [2.24, 2.45) is 0 Å². The Hall–Kier alpha value is -3.33. The molecule has 29 heavy (non-hydrogen) atoms. The van der Waals surface area contributed by atoms with Crippen LogP contribution in [0.15, 0.2) is 77.7 Å². The molecule has 0 bridgehead atoms. The van der Waals surface area contributed by atoms with E-state index in [-0.39, 0.29) is 16.3 Å². The summed E-state index contributed by atoms with van der Waals surface area (Å²) in [6, 6.07) is 14.8. The van der Waals surface area contributed by atoms with Crippen molar-refractivity contribution >= 4 is 27.3 Å². The number of nitrogens with one attached hydrogen (secondary N) is 1. The van der Waals surface area contributed by atoms with E-state index in [1.54, 1.807) is 6.07 Å². The molecule has 3 aromatic rings. The van der Waals surface area contributed by atoms with E-state index in [4.69, 9.17) is 0 Å². The van der Waals surface area contributed by atoms with Crippen LogP contribution in [0.5, 0.6) is 0 Å². The molecule has 0 saturated carbocycles. The van der Waals surface area contributed by atoms with Crippen LogP contribution in [-0.2, 0) is 14.8 Å². The summed E-state index contributed by atoms with van der Waals surface area (Å²) < 4.78 is 67.8. The lowest BCUT2D eigenvalue weighted by Crippen LogP contribution is -2.38. The molecular weight excluding hydrogens is 405 g/mol. The molecule has 3 rings (SSSR count). The van der Waals surface area contributed by atoms with Crippen molar-refractivity contribution in [2.75, 3.05) is 16.2 Å². The molecule has 1 N–H and O–H groups in total. The fraction of sp³-hybridized carbons (Fsp3) is 0.0500. The zero-order chi connectivity index (χ0) is 21.0. The normalized spacial score (nSPS) is 11.1. The third kappa shape index (κ3) is 4.57. The van der Waals surface area contributed by atoms with E-state index in [1.165, 1.54) is 42.5 Å². The van der Waals surface area contributed by atoms with Gasteiger partial charge in [-0.05, 0) is 36.4 Å². The van der Waals surface area contributed by atoms with Crippen molar-refractivity contribution in [3.05, 3.63) is 90.2 Å². The van der Waals surface area contributed by atoms with Gasteiger partial charge in [0, 0.05) is 6.07 Å². The lowest BCUT2D eigenvalue weighted by Gasteiger charge is -2.24. The summed E-state index contributed by atoms with van der Waals surface area (Å²) in [6.45, 7) is -0.824. The first kappa shape index (κ1) is 20.4. The molecule has 3 aromatic carbocycles. The summed E-state index contributed by atoms with van der Waals surface area (Å²) >= 11 is 0. The maximum atomic E-state index is 14.3. The van der Waals surface area contributed by atoms with E-state index in [9.17, 15) is 26.4 Å². The fourth-order valence-corrected chi connectivity index (χ4v) is 4.03. The van der Waals surface area contributed by atoms with E-state index < -0.39 is 39.9 Å². The van der Waals surface area contributed by atoms with Gasteiger partial charge in [-0.2, -0.15) is 0 Å². The van der Waals surface area contributed by atoms with E-state index in [0.717, 1.165) is 18.2 Å². The van der Waals surface area contributed by atoms with Crippen LogP contribution in [0.25, 0.3) is 0 Å². The average Bonchev–Trinajstić information content (AvgIpc) is 2.69. The summed E-state index contributed by atoms with van der Waals surface area (Å²) in [5.74, 6) is -3.65. The molecule has 0 aliphatic rings. The Balaban J connectivity index is 1.96. The molecule has 0 aliphatic carbocycles. The summed E-state index contributed by atoms with van der Waals surface area (Å²) in [4.78, 5) is 12.3. The van der Waals surface area contributed by atoms with Crippen LogP contribution in [0.2, 0.25) is 0 Å². The summed E-state index contributed by atoms with van der Waals surface area (Å²) in [6.07, 6.45) is 0. The molecular formula is C20H15F3N2O3S. The quantitative estimate of drug-likeness (QED) is 0.657. The lowest BCUT2D eigenvalue weighted by atomic mass is 10.3. The zero-order valence-corrected chi connectivity index (χ0v) is 15.7. The molecule has 1 amide bonds. The van der Waals surface area contributed by atoms with Gasteiger partial charge in [0.2, 0.25) is 5.91 Å². The SMILES string of the molecule is O=C(CN(c1ccccc1F)S(=O)(=O)c1ccccc1)Nc1ccc(F)cc1F. The highest BCUT2D eigenvalue weighted by Crippen LogP contribution is 2.26. The van der Waals surface area contributed by atoms with Gasteiger partial charge in [-0.15, -0.1) is 0 Å².